The van der Waals surface area contributed by atoms with E-state index >= 15 is 0 Å². The molecule has 0 radical (unpaired) electrons. The molecule has 1 aliphatic heterocycles. The van der Waals surface area contributed by atoms with Gasteiger partial charge in [-0.05, 0) is 59.0 Å². The fourth-order valence-electron chi connectivity index (χ4n) is 3.80. The fraction of sp³-hybridized carbons (Fsp3) is 0.529. The Bertz CT molecular complexity index is 616. The monoisotopic (exact) mass is 367 g/mol. The van der Waals surface area contributed by atoms with E-state index in [2.05, 4.69) is 40.0 Å². The molecule has 1 heterocycles. The number of hydrogen-bond acceptors (Lipinski definition) is 4. The van der Waals surface area contributed by atoms with Crippen LogP contribution in [-0.2, 0) is 5.41 Å². The van der Waals surface area contributed by atoms with Gasteiger partial charge in [0.25, 0.3) is 0 Å². The predicted octanol–water partition coefficient (Wildman–Crippen LogP) is 3.08. The molecule has 0 unspecified atom stereocenters. The highest BCUT2D eigenvalue weighted by molar-refractivity contribution is 9.10. The summed E-state index contributed by atoms with van der Waals surface area (Å²) in [4.78, 5) is 2.26. The third-order valence-electron chi connectivity index (χ3n) is 4.98. The Morgan fingerprint density at radius 2 is 2.05 bits per heavy atom. The van der Waals surface area contributed by atoms with Crippen LogP contribution in [0.15, 0.2) is 28.4 Å². The summed E-state index contributed by atoms with van der Waals surface area (Å²) < 4.78 is 11.8. The van der Waals surface area contributed by atoms with Crippen LogP contribution in [0.1, 0.15) is 24.8 Å². The molecule has 3 rings (SSSR count). The number of allylic oxidation sites excluding steroid dienone is 1. The summed E-state index contributed by atoms with van der Waals surface area (Å²) in [7, 11) is 5.40. The molecule has 1 aliphatic carbocycles. The molecule has 1 N–H and O–H groups in total. The van der Waals surface area contributed by atoms with Crippen molar-refractivity contribution >= 4 is 15.9 Å². The number of nitrogens with zero attached hydrogens (tertiary/aromatic N) is 1. The molecule has 1 aromatic carbocycles. The van der Waals surface area contributed by atoms with Crippen molar-refractivity contribution in [1.82, 2.24) is 4.90 Å². The van der Waals surface area contributed by atoms with Gasteiger partial charge in [0.15, 0.2) is 11.5 Å². The number of aliphatic hydroxyl groups is 1. The zero-order valence-electron chi connectivity index (χ0n) is 13.2. The summed E-state index contributed by atoms with van der Waals surface area (Å²) in [6.45, 7) is 1.00. The van der Waals surface area contributed by atoms with Crippen molar-refractivity contribution in [1.29, 1.82) is 0 Å². The van der Waals surface area contributed by atoms with Gasteiger partial charge in [-0.1, -0.05) is 0 Å². The second-order valence-electron chi connectivity index (χ2n) is 6.11. The first kappa shape index (κ1) is 15.7. The smallest absolute Gasteiger partial charge is 0.174 e. The Labute approximate surface area is 139 Å². The third kappa shape index (κ3) is 2.31. The normalized spacial score (nSPS) is 27.4. The van der Waals surface area contributed by atoms with Crippen LogP contribution in [0.5, 0.6) is 11.5 Å². The summed E-state index contributed by atoms with van der Waals surface area (Å²) in [6, 6.07) is 4.21. The SMILES string of the molecule is COc1cc([C@@]23CC[C@@H](O)C=C2N(C)CC3)cc(Br)c1OC. The lowest BCUT2D eigenvalue weighted by molar-refractivity contribution is 0.181. The van der Waals surface area contributed by atoms with Gasteiger partial charge in [0.1, 0.15) is 0 Å². The molecule has 1 fully saturated rings. The van der Waals surface area contributed by atoms with Gasteiger partial charge in [0, 0.05) is 24.7 Å². The van der Waals surface area contributed by atoms with Gasteiger partial charge < -0.3 is 19.5 Å². The topological polar surface area (TPSA) is 41.9 Å². The average Bonchev–Trinajstić information content (AvgIpc) is 2.84. The number of benzene rings is 1. The maximum atomic E-state index is 10.0. The van der Waals surface area contributed by atoms with Gasteiger partial charge >= 0.3 is 0 Å². The minimum absolute atomic E-state index is 0.0317. The molecule has 120 valence electrons. The lowest BCUT2D eigenvalue weighted by Crippen LogP contribution is -2.33. The van der Waals surface area contributed by atoms with Crippen molar-refractivity contribution in [2.24, 2.45) is 0 Å². The summed E-state index contributed by atoms with van der Waals surface area (Å²) in [6.07, 6.45) is 4.48. The zero-order chi connectivity index (χ0) is 15.9. The quantitative estimate of drug-likeness (QED) is 0.891. The first-order valence-corrected chi connectivity index (χ1v) is 8.34. The number of methoxy groups -OCH3 is 2. The van der Waals surface area contributed by atoms with Crippen LogP contribution in [0.4, 0.5) is 0 Å². The highest BCUT2D eigenvalue weighted by Gasteiger charge is 2.45. The van der Waals surface area contributed by atoms with Crippen molar-refractivity contribution < 1.29 is 14.6 Å². The van der Waals surface area contributed by atoms with Crippen LogP contribution in [0.3, 0.4) is 0 Å². The molecule has 0 amide bonds. The Hall–Kier alpha value is -1.20. The molecule has 0 spiro atoms. The van der Waals surface area contributed by atoms with Crippen molar-refractivity contribution in [3.8, 4) is 11.5 Å². The first-order valence-electron chi connectivity index (χ1n) is 7.55. The minimum Gasteiger partial charge on any atom is -0.493 e. The van der Waals surface area contributed by atoms with Crippen molar-refractivity contribution in [2.45, 2.75) is 30.8 Å². The highest BCUT2D eigenvalue weighted by Crippen LogP contribution is 2.51. The molecule has 0 aromatic heterocycles. The van der Waals surface area contributed by atoms with E-state index in [9.17, 15) is 5.11 Å². The minimum atomic E-state index is -0.341. The third-order valence-corrected chi connectivity index (χ3v) is 5.57. The predicted molar refractivity (Wildman–Crippen MR) is 89.5 cm³/mol. The van der Waals surface area contributed by atoms with Crippen LogP contribution in [-0.4, -0.2) is 43.9 Å². The molecule has 0 saturated carbocycles. The molecule has 2 aliphatic rings. The van der Waals surface area contributed by atoms with E-state index in [1.54, 1.807) is 14.2 Å². The first-order chi connectivity index (χ1) is 10.5. The van der Waals surface area contributed by atoms with E-state index in [-0.39, 0.29) is 11.5 Å². The average molecular weight is 368 g/mol. The number of aliphatic hydroxyl groups excluding tert-OH is 1. The van der Waals surface area contributed by atoms with E-state index in [0.717, 1.165) is 41.8 Å². The Morgan fingerprint density at radius 3 is 2.73 bits per heavy atom. The number of fused-ring (bicyclic) bond motifs is 1. The van der Waals surface area contributed by atoms with Gasteiger partial charge in [-0.25, -0.2) is 0 Å². The second-order valence-corrected chi connectivity index (χ2v) is 6.96. The number of likely N-dealkylation sites (tertiary alicyclic amines) is 1. The van der Waals surface area contributed by atoms with Gasteiger partial charge in [-0.2, -0.15) is 0 Å². The fourth-order valence-corrected chi connectivity index (χ4v) is 4.41. The lowest BCUT2D eigenvalue weighted by Gasteiger charge is -2.37. The standard InChI is InChI=1S/C17H22BrNO3/c1-19-7-6-17(5-4-12(20)10-15(17)19)11-8-13(18)16(22-3)14(9-11)21-2/h8-10,12,20H,4-7H2,1-3H3/t12-,17+/m1/s1. The van der Waals surface area contributed by atoms with Crippen LogP contribution >= 0.6 is 15.9 Å². The number of likely N-dealkylation sites (N-methyl/N-ethyl adjacent to an activating group) is 1. The number of hydrogen-bond donors (Lipinski definition) is 1. The zero-order valence-corrected chi connectivity index (χ0v) is 14.8. The largest absolute Gasteiger partial charge is 0.493 e. The van der Waals surface area contributed by atoms with Crippen LogP contribution in [0, 0.1) is 0 Å². The van der Waals surface area contributed by atoms with Gasteiger partial charge in [-0.15, -0.1) is 0 Å². The van der Waals surface area contributed by atoms with E-state index in [4.69, 9.17) is 9.47 Å². The molecule has 22 heavy (non-hydrogen) atoms. The highest BCUT2D eigenvalue weighted by atomic mass is 79.9. The molecule has 2 atom stereocenters. The number of halogens is 1. The van der Waals surface area contributed by atoms with Gasteiger partial charge in [0.2, 0.25) is 0 Å². The maximum Gasteiger partial charge on any atom is 0.174 e. The number of rotatable bonds is 3. The molecule has 1 saturated heterocycles. The summed E-state index contributed by atoms with van der Waals surface area (Å²) in [5.41, 5.74) is 2.42. The van der Waals surface area contributed by atoms with Gasteiger partial charge in [-0.3, -0.25) is 0 Å². The van der Waals surface area contributed by atoms with E-state index < -0.39 is 0 Å². The Kier molecular flexibility index (Phi) is 4.12. The van der Waals surface area contributed by atoms with Crippen molar-refractivity contribution in [3.63, 3.8) is 0 Å². The Morgan fingerprint density at radius 1 is 1.27 bits per heavy atom. The molecular formula is C17H22BrNO3. The molecule has 4 nitrogen and oxygen atoms in total. The van der Waals surface area contributed by atoms with Crippen LogP contribution < -0.4 is 9.47 Å². The van der Waals surface area contributed by atoms with Crippen molar-refractivity contribution in [2.75, 3.05) is 27.8 Å². The summed E-state index contributed by atoms with van der Waals surface area (Å²) >= 11 is 3.60. The van der Waals surface area contributed by atoms with E-state index in [1.807, 2.05) is 6.08 Å². The second kappa shape index (κ2) is 5.78. The lowest BCUT2D eigenvalue weighted by atomic mass is 9.70. The molecule has 5 heteroatoms. The maximum absolute atomic E-state index is 10.0. The van der Waals surface area contributed by atoms with E-state index in [0.29, 0.717) is 0 Å². The molecular weight excluding hydrogens is 346 g/mol. The van der Waals surface area contributed by atoms with E-state index in [1.165, 1.54) is 11.3 Å². The molecule has 1 aromatic rings. The molecule has 0 bridgehead atoms. The van der Waals surface area contributed by atoms with Crippen molar-refractivity contribution in [3.05, 3.63) is 33.9 Å². The van der Waals surface area contributed by atoms with Crippen LogP contribution in [0.25, 0.3) is 0 Å². The van der Waals surface area contributed by atoms with Crippen LogP contribution in [0.2, 0.25) is 0 Å². The van der Waals surface area contributed by atoms with Gasteiger partial charge in [0.05, 0.1) is 24.8 Å². The summed E-state index contributed by atoms with van der Waals surface area (Å²) in [5, 5.41) is 10.0. The Balaban J connectivity index is 2.14. The summed E-state index contributed by atoms with van der Waals surface area (Å²) in [5.74, 6) is 1.46. The number of ether oxygens (including phenoxy) is 2.